The molecule has 7 heteroatoms. The lowest BCUT2D eigenvalue weighted by atomic mass is 9.97. The zero-order valence-electron chi connectivity index (χ0n) is 12.7. The summed E-state index contributed by atoms with van der Waals surface area (Å²) in [5.41, 5.74) is -0.00979. The minimum absolute atomic E-state index is 0.225. The monoisotopic (exact) mass is 319 g/mol. The number of hydroxylamine groups is 2. The predicted molar refractivity (Wildman–Crippen MR) is 77.4 cm³/mol. The van der Waals surface area contributed by atoms with E-state index in [1.165, 1.54) is 12.1 Å². The fraction of sp³-hybridized carbons (Fsp3) is 0.438. The van der Waals surface area contributed by atoms with Gasteiger partial charge in [0, 0.05) is 13.2 Å². The Morgan fingerprint density at radius 2 is 1.74 bits per heavy atom. The highest BCUT2D eigenvalue weighted by Gasteiger charge is 2.39. The van der Waals surface area contributed by atoms with E-state index >= 15 is 0 Å². The van der Waals surface area contributed by atoms with Crippen molar-refractivity contribution in [2.24, 2.45) is 0 Å². The molecule has 1 fully saturated rings. The van der Waals surface area contributed by atoms with Crippen molar-refractivity contribution < 1.29 is 28.7 Å². The first kappa shape index (κ1) is 15.6. The van der Waals surface area contributed by atoms with E-state index in [-0.39, 0.29) is 17.7 Å². The van der Waals surface area contributed by atoms with Gasteiger partial charge in [0.15, 0.2) is 0 Å². The Hall–Kier alpha value is -2.25. The molecule has 0 saturated carbocycles. The molecule has 7 nitrogen and oxygen atoms in total. The van der Waals surface area contributed by atoms with E-state index in [9.17, 15) is 14.4 Å². The van der Waals surface area contributed by atoms with Crippen LogP contribution in [0.2, 0.25) is 0 Å². The highest BCUT2D eigenvalue weighted by atomic mass is 16.7. The molecule has 122 valence electrons. The molecule has 2 aliphatic heterocycles. The molecule has 3 rings (SSSR count). The third kappa shape index (κ3) is 3.11. The van der Waals surface area contributed by atoms with Crippen LogP contribution in [-0.2, 0) is 19.1 Å². The van der Waals surface area contributed by atoms with E-state index in [4.69, 9.17) is 14.3 Å². The van der Waals surface area contributed by atoms with Gasteiger partial charge in [0.05, 0.1) is 16.7 Å². The molecule has 0 aliphatic carbocycles. The second-order valence-corrected chi connectivity index (χ2v) is 5.76. The molecule has 23 heavy (non-hydrogen) atoms. The first-order valence-corrected chi connectivity index (χ1v) is 7.40. The van der Waals surface area contributed by atoms with E-state index < -0.39 is 23.4 Å². The second-order valence-electron chi connectivity index (χ2n) is 5.76. The SMILES string of the molecule is CC1(OCC(=O)ON2C(=O)c3ccccc3C2=O)CCOCC1. The molecular formula is C16H17NO6. The maximum atomic E-state index is 12.1. The number of imide groups is 1. The fourth-order valence-corrected chi connectivity index (χ4v) is 2.56. The number of nitrogens with zero attached hydrogens (tertiary/aromatic N) is 1. The largest absolute Gasteiger partial charge is 0.381 e. The van der Waals surface area contributed by atoms with Crippen molar-refractivity contribution in [3.8, 4) is 0 Å². The topological polar surface area (TPSA) is 82.1 Å². The van der Waals surface area contributed by atoms with Crippen molar-refractivity contribution in [2.45, 2.75) is 25.4 Å². The summed E-state index contributed by atoms with van der Waals surface area (Å²) in [5.74, 6) is -2.07. The number of hydrogen-bond donors (Lipinski definition) is 0. The van der Waals surface area contributed by atoms with E-state index in [0.717, 1.165) is 0 Å². The van der Waals surface area contributed by atoms with Crippen LogP contribution >= 0.6 is 0 Å². The van der Waals surface area contributed by atoms with Gasteiger partial charge in [-0.05, 0) is 31.9 Å². The number of amides is 2. The molecule has 1 aromatic rings. The molecule has 0 spiro atoms. The molecule has 0 radical (unpaired) electrons. The number of carbonyl (C=O) groups excluding carboxylic acids is 3. The Bertz CT molecular complexity index is 615. The summed E-state index contributed by atoms with van der Waals surface area (Å²) in [6.45, 7) is 2.71. The molecule has 2 amide bonds. The average Bonchev–Trinajstić information content (AvgIpc) is 2.79. The van der Waals surface area contributed by atoms with Crippen LogP contribution in [0, 0.1) is 0 Å². The minimum atomic E-state index is -0.785. The zero-order chi connectivity index (χ0) is 16.4. The second kappa shape index (κ2) is 6.10. The lowest BCUT2D eigenvalue weighted by Gasteiger charge is -2.33. The summed E-state index contributed by atoms with van der Waals surface area (Å²) in [5, 5.41) is 0.489. The van der Waals surface area contributed by atoms with E-state index in [1.54, 1.807) is 12.1 Å². The summed E-state index contributed by atoms with van der Waals surface area (Å²) in [6, 6.07) is 6.32. The highest BCUT2D eigenvalue weighted by Crippen LogP contribution is 2.25. The van der Waals surface area contributed by atoms with Crippen molar-refractivity contribution >= 4 is 17.8 Å². The van der Waals surface area contributed by atoms with Gasteiger partial charge in [-0.15, -0.1) is 0 Å². The maximum Gasteiger partial charge on any atom is 0.358 e. The zero-order valence-corrected chi connectivity index (χ0v) is 12.7. The van der Waals surface area contributed by atoms with Crippen molar-refractivity contribution in [1.29, 1.82) is 0 Å². The third-order valence-electron chi connectivity index (χ3n) is 4.04. The standard InChI is InChI=1S/C16H17NO6/c1-16(6-8-21-9-7-16)22-10-13(18)23-17-14(19)11-4-2-3-5-12(11)15(17)20/h2-5H,6-10H2,1H3. The molecule has 1 aromatic carbocycles. The summed E-state index contributed by atoms with van der Waals surface area (Å²) < 4.78 is 10.8. The molecule has 0 N–H and O–H groups in total. The molecule has 0 atom stereocenters. The van der Waals surface area contributed by atoms with Gasteiger partial charge in [-0.3, -0.25) is 9.59 Å². The fourth-order valence-electron chi connectivity index (χ4n) is 2.56. The lowest BCUT2D eigenvalue weighted by Crippen LogP contribution is -2.39. The molecule has 0 unspecified atom stereocenters. The van der Waals surface area contributed by atoms with Crippen LogP contribution in [0.4, 0.5) is 0 Å². The molecule has 2 aliphatic rings. The third-order valence-corrected chi connectivity index (χ3v) is 4.04. The van der Waals surface area contributed by atoms with Gasteiger partial charge >= 0.3 is 5.97 Å². The molecule has 2 heterocycles. The number of fused-ring (bicyclic) bond motifs is 1. The van der Waals surface area contributed by atoms with Crippen LogP contribution < -0.4 is 0 Å². The molecule has 0 aromatic heterocycles. The first-order valence-electron chi connectivity index (χ1n) is 7.40. The molecular weight excluding hydrogens is 302 g/mol. The van der Waals surface area contributed by atoms with Gasteiger partial charge in [-0.25, -0.2) is 4.79 Å². The van der Waals surface area contributed by atoms with Gasteiger partial charge < -0.3 is 14.3 Å². The van der Waals surface area contributed by atoms with Crippen LogP contribution in [0.5, 0.6) is 0 Å². The summed E-state index contributed by atoms with van der Waals surface area (Å²) >= 11 is 0. The molecule has 0 bridgehead atoms. The summed E-state index contributed by atoms with van der Waals surface area (Å²) in [6.07, 6.45) is 1.35. The number of rotatable bonds is 4. The smallest absolute Gasteiger partial charge is 0.358 e. The van der Waals surface area contributed by atoms with Crippen LogP contribution in [0.1, 0.15) is 40.5 Å². The van der Waals surface area contributed by atoms with Gasteiger partial charge in [0.25, 0.3) is 11.8 Å². The minimum Gasteiger partial charge on any atom is -0.381 e. The average molecular weight is 319 g/mol. The van der Waals surface area contributed by atoms with Gasteiger partial charge in [-0.1, -0.05) is 17.2 Å². The summed E-state index contributed by atoms with van der Waals surface area (Å²) in [4.78, 5) is 41.0. The van der Waals surface area contributed by atoms with Crippen LogP contribution in [-0.4, -0.2) is 48.3 Å². The number of benzene rings is 1. The number of hydrogen-bond acceptors (Lipinski definition) is 6. The van der Waals surface area contributed by atoms with E-state index in [1.807, 2.05) is 6.92 Å². The van der Waals surface area contributed by atoms with Crippen molar-refractivity contribution in [3.05, 3.63) is 35.4 Å². The Balaban J connectivity index is 1.59. The lowest BCUT2D eigenvalue weighted by molar-refractivity contribution is -0.183. The molecule has 1 saturated heterocycles. The Labute approximate surface area is 133 Å². The van der Waals surface area contributed by atoms with Crippen molar-refractivity contribution in [3.63, 3.8) is 0 Å². The Morgan fingerprint density at radius 3 is 2.30 bits per heavy atom. The number of carbonyl (C=O) groups is 3. The predicted octanol–water partition coefficient (Wildman–Crippen LogP) is 1.33. The van der Waals surface area contributed by atoms with Gasteiger partial charge in [-0.2, -0.15) is 0 Å². The number of ether oxygens (including phenoxy) is 2. The van der Waals surface area contributed by atoms with Crippen LogP contribution in [0.15, 0.2) is 24.3 Å². The van der Waals surface area contributed by atoms with E-state index in [2.05, 4.69) is 0 Å². The van der Waals surface area contributed by atoms with Gasteiger partial charge in [0.2, 0.25) is 0 Å². The van der Waals surface area contributed by atoms with Crippen LogP contribution in [0.3, 0.4) is 0 Å². The normalized spacial score (nSPS) is 19.6. The Kier molecular flexibility index (Phi) is 4.14. The summed E-state index contributed by atoms with van der Waals surface area (Å²) in [7, 11) is 0. The Morgan fingerprint density at radius 1 is 1.17 bits per heavy atom. The highest BCUT2D eigenvalue weighted by molar-refractivity contribution is 6.20. The van der Waals surface area contributed by atoms with E-state index in [0.29, 0.717) is 31.1 Å². The van der Waals surface area contributed by atoms with Gasteiger partial charge in [0.1, 0.15) is 6.61 Å². The van der Waals surface area contributed by atoms with Crippen molar-refractivity contribution in [2.75, 3.05) is 19.8 Å². The quantitative estimate of drug-likeness (QED) is 0.779. The first-order chi connectivity index (χ1) is 11.0. The van der Waals surface area contributed by atoms with Crippen molar-refractivity contribution in [1.82, 2.24) is 5.06 Å². The van der Waals surface area contributed by atoms with Crippen LogP contribution in [0.25, 0.3) is 0 Å². The maximum absolute atomic E-state index is 12.1.